The number of hydrogen-bond acceptors (Lipinski definition) is 8. The molecule has 13 nitrogen and oxygen atoms in total. The van der Waals surface area contributed by atoms with E-state index in [0.717, 1.165) is 28.1 Å². The monoisotopic (exact) mass is 805 g/mol. The van der Waals surface area contributed by atoms with E-state index in [1.807, 2.05) is 133 Å². The zero-order valence-corrected chi connectivity index (χ0v) is 35.2. The summed E-state index contributed by atoms with van der Waals surface area (Å²) in [6.45, 7) is 12.4. The van der Waals surface area contributed by atoms with Crippen LogP contribution in [0.5, 0.6) is 0 Å². The van der Waals surface area contributed by atoms with Gasteiger partial charge in [-0.05, 0) is 65.5 Å². The SMILES string of the molecule is COC(=O)NC(C(=O)NC(Cc1ccc(-c2ccccn2)cc1)CC(O)C(Cc1ccccc1)NC(=O)C(N1CCN(Cc2ccccn2)C1=O)C(C)(C)C)C(C)(C)C. The number of aliphatic hydroxyl groups is 1. The number of hydrogen-bond donors (Lipinski definition) is 4. The molecule has 5 amide bonds. The third kappa shape index (κ3) is 12.3. The molecule has 0 bridgehead atoms. The number of rotatable bonds is 16. The van der Waals surface area contributed by atoms with Crippen LogP contribution in [-0.2, 0) is 33.7 Å². The number of alkyl carbamates (subject to hydrolysis) is 1. The first-order chi connectivity index (χ1) is 28.0. The Labute approximate surface area is 348 Å². The molecule has 0 radical (unpaired) electrons. The number of ether oxygens (including phenoxy) is 1. The molecule has 13 heteroatoms. The average molecular weight is 806 g/mol. The number of carbonyl (C=O) groups is 4. The fourth-order valence-electron chi connectivity index (χ4n) is 7.51. The largest absolute Gasteiger partial charge is 0.453 e. The Kier molecular flexibility index (Phi) is 14.8. The summed E-state index contributed by atoms with van der Waals surface area (Å²) >= 11 is 0. The van der Waals surface area contributed by atoms with Crippen molar-refractivity contribution in [2.24, 2.45) is 10.8 Å². The molecule has 0 saturated carbocycles. The highest BCUT2D eigenvalue weighted by Gasteiger charge is 2.44. The molecule has 0 aliphatic carbocycles. The van der Waals surface area contributed by atoms with Gasteiger partial charge >= 0.3 is 12.1 Å². The van der Waals surface area contributed by atoms with Gasteiger partial charge in [-0.25, -0.2) is 9.59 Å². The van der Waals surface area contributed by atoms with Gasteiger partial charge in [0.05, 0.1) is 37.2 Å². The van der Waals surface area contributed by atoms with Crippen LogP contribution >= 0.6 is 0 Å². The van der Waals surface area contributed by atoms with Gasteiger partial charge in [0.15, 0.2) is 0 Å². The van der Waals surface area contributed by atoms with Crippen molar-refractivity contribution < 1.29 is 29.0 Å². The van der Waals surface area contributed by atoms with E-state index in [-0.39, 0.29) is 24.8 Å². The smallest absolute Gasteiger partial charge is 0.407 e. The molecular formula is C46H59N7O6. The fourth-order valence-corrected chi connectivity index (χ4v) is 7.51. The summed E-state index contributed by atoms with van der Waals surface area (Å²) in [5.74, 6) is -0.823. The number of nitrogens with one attached hydrogen (secondary N) is 3. The van der Waals surface area contributed by atoms with E-state index in [0.29, 0.717) is 26.1 Å². The van der Waals surface area contributed by atoms with Crippen LogP contribution in [0.3, 0.4) is 0 Å². The van der Waals surface area contributed by atoms with Crippen molar-refractivity contribution in [1.82, 2.24) is 35.7 Å². The summed E-state index contributed by atoms with van der Waals surface area (Å²) in [7, 11) is 1.24. The summed E-state index contributed by atoms with van der Waals surface area (Å²) in [5.41, 5.74) is 2.96. The van der Waals surface area contributed by atoms with Crippen LogP contribution in [0, 0.1) is 10.8 Å². The van der Waals surface area contributed by atoms with Gasteiger partial charge in [0, 0.05) is 37.1 Å². The van der Waals surface area contributed by atoms with Crippen LogP contribution in [0.15, 0.2) is 103 Å². The van der Waals surface area contributed by atoms with Gasteiger partial charge in [0.2, 0.25) is 11.8 Å². The zero-order valence-electron chi connectivity index (χ0n) is 35.2. The Morgan fingerprint density at radius 2 is 1.39 bits per heavy atom. The highest BCUT2D eigenvalue weighted by Crippen LogP contribution is 2.29. The number of benzene rings is 2. The van der Waals surface area contributed by atoms with Crippen molar-refractivity contribution in [3.8, 4) is 11.3 Å². The molecule has 5 atom stereocenters. The Bertz CT molecular complexity index is 1990. The van der Waals surface area contributed by atoms with Crippen molar-refractivity contribution in [3.63, 3.8) is 0 Å². The summed E-state index contributed by atoms with van der Waals surface area (Å²) in [6.07, 6.45) is 2.23. The highest BCUT2D eigenvalue weighted by molar-refractivity contribution is 5.89. The number of aliphatic hydroxyl groups excluding tert-OH is 1. The first-order valence-electron chi connectivity index (χ1n) is 20.2. The predicted octanol–water partition coefficient (Wildman–Crippen LogP) is 5.77. The summed E-state index contributed by atoms with van der Waals surface area (Å²) < 4.78 is 4.84. The minimum atomic E-state index is -1.14. The lowest BCUT2D eigenvalue weighted by molar-refractivity contribution is -0.131. The Morgan fingerprint density at radius 1 is 0.746 bits per heavy atom. The minimum Gasteiger partial charge on any atom is -0.453 e. The topological polar surface area (TPSA) is 166 Å². The van der Waals surface area contributed by atoms with Gasteiger partial charge in [0.25, 0.3) is 0 Å². The maximum Gasteiger partial charge on any atom is 0.407 e. The lowest BCUT2D eigenvalue weighted by Crippen LogP contribution is -2.59. The Morgan fingerprint density at radius 3 is 1.98 bits per heavy atom. The van der Waals surface area contributed by atoms with Crippen LogP contribution in [-0.4, -0.2) is 99.3 Å². The van der Waals surface area contributed by atoms with Crippen LogP contribution < -0.4 is 16.0 Å². The number of methoxy groups -OCH3 is 1. The molecule has 4 aromatic rings. The third-order valence-corrected chi connectivity index (χ3v) is 10.5. The first-order valence-corrected chi connectivity index (χ1v) is 20.2. The average Bonchev–Trinajstić information content (AvgIpc) is 3.54. The molecule has 3 heterocycles. The van der Waals surface area contributed by atoms with Gasteiger partial charge in [-0.15, -0.1) is 0 Å². The van der Waals surface area contributed by atoms with Crippen LogP contribution in [0.4, 0.5) is 9.59 Å². The van der Waals surface area contributed by atoms with Crippen molar-refractivity contribution in [2.45, 2.75) is 97.6 Å². The van der Waals surface area contributed by atoms with E-state index in [4.69, 9.17) is 4.74 Å². The van der Waals surface area contributed by atoms with E-state index >= 15 is 0 Å². The lowest BCUT2D eigenvalue weighted by atomic mass is 9.84. The number of urea groups is 1. The molecular weight excluding hydrogens is 747 g/mol. The maximum absolute atomic E-state index is 14.6. The molecule has 2 aromatic carbocycles. The molecule has 1 aliphatic rings. The normalized spacial score (nSPS) is 15.8. The predicted molar refractivity (Wildman–Crippen MR) is 227 cm³/mol. The maximum atomic E-state index is 14.6. The van der Waals surface area contributed by atoms with E-state index in [9.17, 15) is 24.3 Å². The van der Waals surface area contributed by atoms with Crippen molar-refractivity contribution in [3.05, 3.63) is 120 Å². The molecule has 1 saturated heterocycles. The van der Waals surface area contributed by atoms with E-state index in [2.05, 4.69) is 25.9 Å². The number of pyridine rings is 2. The molecule has 1 fully saturated rings. The van der Waals surface area contributed by atoms with Crippen LogP contribution in [0.2, 0.25) is 0 Å². The Balaban J connectivity index is 1.42. The van der Waals surface area contributed by atoms with E-state index in [1.165, 1.54) is 7.11 Å². The highest BCUT2D eigenvalue weighted by atomic mass is 16.5. The molecule has 1 aliphatic heterocycles. The van der Waals surface area contributed by atoms with Crippen molar-refractivity contribution >= 4 is 23.9 Å². The van der Waals surface area contributed by atoms with E-state index < -0.39 is 53.1 Å². The Hall–Kier alpha value is -5.82. The molecule has 5 rings (SSSR count). The molecule has 0 spiro atoms. The second kappa shape index (κ2) is 19.8. The quantitative estimate of drug-likeness (QED) is 0.111. The number of aromatic nitrogens is 2. The van der Waals surface area contributed by atoms with Gasteiger partial charge < -0.3 is 35.6 Å². The first kappa shape index (κ1) is 44.3. The summed E-state index contributed by atoms with van der Waals surface area (Å²) in [5, 5.41) is 21.1. The van der Waals surface area contributed by atoms with Crippen LogP contribution in [0.25, 0.3) is 11.3 Å². The fraction of sp³-hybridized carbons (Fsp3) is 0.435. The van der Waals surface area contributed by atoms with Crippen molar-refractivity contribution in [1.29, 1.82) is 0 Å². The zero-order chi connectivity index (χ0) is 42.7. The van der Waals surface area contributed by atoms with Gasteiger partial charge in [-0.2, -0.15) is 0 Å². The van der Waals surface area contributed by atoms with Gasteiger partial charge in [0.1, 0.15) is 12.1 Å². The molecule has 2 aromatic heterocycles. The lowest BCUT2D eigenvalue weighted by Gasteiger charge is -2.38. The molecule has 314 valence electrons. The third-order valence-electron chi connectivity index (χ3n) is 10.5. The summed E-state index contributed by atoms with van der Waals surface area (Å²) in [4.78, 5) is 66.9. The second-order valence-electron chi connectivity index (χ2n) is 17.4. The van der Waals surface area contributed by atoms with E-state index in [1.54, 1.807) is 22.2 Å². The summed E-state index contributed by atoms with van der Waals surface area (Å²) in [6, 6.07) is 25.2. The minimum absolute atomic E-state index is 0.0568. The molecule has 59 heavy (non-hydrogen) atoms. The molecule has 5 unspecified atom stereocenters. The van der Waals surface area contributed by atoms with Gasteiger partial charge in [-0.3, -0.25) is 19.6 Å². The molecule has 4 N–H and O–H groups in total. The van der Waals surface area contributed by atoms with Crippen molar-refractivity contribution in [2.75, 3.05) is 20.2 Å². The van der Waals surface area contributed by atoms with Gasteiger partial charge in [-0.1, -0.05) is 108 Å². The number of amides is 5. The number of nitrogens with zero attached hydrogens (tertiary/aromatic N) is 4. The number of carbonyl (C=O) groups excluding carboxylic acids is 4. The van der Waals surface area contributed by atoms with Crippen LogP contribution in [0.1, 0.15) is 64.8 Å². The second-order valence-corrected chi connectivity index (χ2v) is 17.4. The standard InChI is InChI=1S/C46H59N7O6/c1-45(2,3)39(51-43(57)59-7)41(55)49-35(27-32-19-21-33(22-20-32)36-18-12-14-24-48-36)29-38(54)37(28-31-15-9-8-10-16-31)50-42(56)40(46(4,5)6)53-26-25-52(44(53)58)30-34-17-11-13-23-47-34/h8-24,35,37-40,54H,25-30H2,1-7H3,(H,49,55)(H,50,56)(H,51,57).